The van der Waals surface area contributed by atoms with E-state index in [9.17, 15) is 8.42 Å². The van der Waals surface area contributed by atoms with Gasteiger partial charge >= 0.3 is 0 Å². The van der Waals surface area contributed by atoms with Crippen molar-refractivity contribution in [3.8, 4) is 0 Å². The molecule has 1 unspecified atom stereocenters. The lowest BCUT2D eigenvalue weighted by Crippen LogP contribution is -2.48. The molecule has 1 fully saturated rings. The van der Waals surface area contributed by atoms with E-state index in [0.717, 1.165) is 19.4 Å². The van der Waals surface area contributed by atoms with Gasteiger partial charge in [-0.2, -0.15) is 0 Å². The van der Waals surface area contributed by atoms with Crippen LogP contribution >= 0.6 is 0 Å². The summed E-state index contributed by atoms with van der Waals surface area (Å²) in [5.41, 5.74) is 5.21. The van der Waals surface area contributed by atoms with Crippen molar-refractivity contribution in [1.29, 1.82) is 0 Å². The summed E-state index contributed by atoms with van der Waals surface area (Å²) in [5.74, 6) is 0.0480. The first-order valence-electron chi connectivity index (χ1n) is 6.05. The lowest BCUT2D eigenvalue weighted by atomic mass is 9.97. The van der Waals surface area contributed by atoms with E-state index in [4.69, 9.17) is 15.2 Å². The Kier molecular flexibility index (Phi) is 5.37. The van der Waals surface area contributed by atoms with Gasteiger partial charge in [-0.25, -0.2) is 8.42 Å². The van der Waals surface area contributed by atoms with Crippen LogP contribution in [0.15, 0.2) is 0 Å². The van der Waals surface area contributed by atoms with Gasteiger partial charge < -0.3 is 15.2 Å². The van der Waals surface area contributed by atoms with Crippen molar-refractivity contribution in [3.63, 3.8) is 0 Å². The second-order valence-corrected chi connectivity index (χ2v) is 7.48. The molecule has 0 aromatic carbocycles. The van der Waals surface area contributed by atoms with Crippen LogP contribution in [0.3, 0.4) is 0 Å². The molecule has 2 N–H and O–H groups in total. The molecule has 0 radical (unpaired) electrons. The maximum Gasteiger partial charge on any atom is 0.154 e. The zero-order chi connectivity index (χ0) is 12.9. The summed E-state index contributed by atoms with van der Waals surface area (Å²) < 4.78 is 34.3. The van der Waals surface area contributed by atoms with Gasteiger partial charge in [-0.1, -0.05) is 0 Å². The Hall–Kier alpha value is -0.170. The lowest BCUT2D eigenvalue weighted by Gasteiger charge is -2.35. The van der Waals surface area contributed by atoms with E-state index in [1.165, 1.54) is 0 Å². The first-order valence-corrected chi connectivity index (χ1v) is 7.77. The van der Waals surface area contributed by atoms with Crippen LogP contribution in [-0.2, 0) is 19.3 Å². The fourth-order valence-corrected chi connectivity index (χ4v) is 2.56. The van der Waals surface area contributed by atoms with Crippen molar-refractivity contribution in [2.75, 3.05) is 32.1 Å². The smallest absolute Gasteiger partial charge is 0.154 e. The molecule has 1 heterocycles. The van der Waals surface area contributed by atoms with Crippen molar-refractivity contribution in [2.24, 2.45) is 5.73 Å². The van der Waals surface area contributed by atoms with Gasteiger partial charge in [-0.05, 0) is 26.7 Å². The highest BCUT2D eigenvalue weighted by Crippen LogP contribution is 2.22. The summed E-state index contributed by atoms with van der Waals surface area (Å²) in [6, 6.07) is 0. The monoisotopic (exact) mass is 265 g/mol. The van der Waals surface area contributed by atoms with Gasteiger partial charge in [-0.3, -0.25) is 0 Å². The van der Waals surface area contributed by atoms with Crippen LogP contribution in [0, 0.1) is 0 Å². The standard InChI is InChI=1S/C11H23NO4S/c1-10(2)17(13,14)7-6-16-11(8-12)4-3-5-15-9-11/h10H,3-9,12H2,1-2H3. The van der Waals surface area contributed by atoms with Crippen molar-refractivity contribution in [2.45, 2.75) is 37.5 Å². The van der Waals surface area contributed by atoms with Gasteiger partial charge in [-0.15, -0.1) is 0 Å². The van der Waals surface area contributed by atoms with E-state index in [-0.39, 0.29) is 17.6 Å². The van der Waals surface area contributed by atoms with Crippen molar-refractivity contribution >= 4 is 9.84 Å². The van der Waals surface area contributed by atoms with Crippen LogP contribution in [0.4, 0.5) is 0 Å². The normalized spacial score (nSPS) is 26.4. The predicted octanol–water partition coefficient (Wildman–Crippen LogP) is 0.334. The summed E-state index contributed by atoms with van der Waals surface area (Å²) in [4.78, 5) is 0. The molecule has 1 aliphatic rings. The molecule has 1 aliphatic heterocycles. The third-order valence-electron chi connectivity index (χ3n) is 3.15. The molecule has 17 heavy (non-hydrogen) atoms. The zero-order valence-electron chi connectivity index (χ0n) is 10.6. The minimum Gasteiger partial charge on any atom is -0.378 e. The van der Waals surface area contributed by atoms with Crippen LogP contribution in [0.2, 0.25) is 0 Å². The SMILES string of the molecule is CC(C)S(=O)(=O)CCOC1(CN)CCCOC1. The van der Waals surface area contributed by atoms with Gasteiger partial charge in [0.25, 0.3) is 0 Å². The molecule has 6 heteroatoms. The van der Waals surface area contributed by atoms with Crippen LogP contribution in [-0.4, -0.2) is 51.4 Å². The quantitative estimate of drug-likeness (QED) is 0.749. The largest absolute Gasteiger partial charge is 0.378 e. The van der Waals surface area contributed by atoms with E-state index in [0.29, 0.717) is 13.2 Å². The first kappa shape index (κ1) is 14.9. The van der Waals surface area contributed by atoms with E-state index >= 15 is 0 Å². The van der Waals surface area contributed by atoms with Crippen molar-refractivity contribution in [3.05, 3.63) is 0 Å². The van der Waals surface area contributed by atoms with Crippen LogP contribution < -0.4 is 5.73 Å². The van der Waals surface area contributed by atoms with Crippen molar-refractivity contribution in [1.82, 2.24) is 0 Å². The lowest BCUT2D eigenvalue weighted by molar-refractivity contribution is -0.118. The number of hydrogen-bond donors (Lipinski definition) is 1. The second-order valence-electron chi connectivity index (χ2n) is 4.81. The number of rotatable bonds is 6. The molecule has 0 spiro atoms. The molecular formula is C11H23NO4S. The summed E-state index contributed by atoms with van der Waals surface area (Å²) in [7, 11) is -3.04. The minimum absolute atomic E-state index is 0.0480. The topological polar surface area (TPSA) is 78.6 Å². The van der Waals surface area contributed by atoms with E-state index in [1.54, 1.807) is 13.8 Å². The van der Waals surface area contributed by atoms with Crippen LogP contribution in [0.5, 0.6) is 0 Å². The third kappa shape index (κ3) is 4.21. The van der Waals surface area contributed by atoms with Gasteiger partial charge in [0.2, 0.25) is 0 Å². The number of ether oxygens (including phenoxy) is 2. The molecule has 0 bridgehead atoms. The average Bonchev–Trinajstić information content (AvgIpc) is 2.30. The highest BCUT2D eigenvalue weighted by atomic mass is 32.2. The molecule has 5 nitrogen and oxygen atoms in total. The predicted molar refractivity (Wildman–Crippen MR) is 66.7 cm³/mol. The third-order valence-corrected chi connectivity index (χ3v) is 5.32. The molecule has 1 atom stereocenters. The van der Waals surface area contributed by atoms with Gasteiger partial charge in [0, 0.05) is 13.2 Å². The van der Waals surface area contributed by atoms with Gasteiger partial charge in [0.15, 0.2) is 9.84 Å². The first-order chi connectivity index (χ1) is 7.92. The van der Waals surface area contributed by atoms with Gasteiger partial charge in [0.1, 0.15) is 5.60 Å². The van der Waals surface area contributed by atoms with E-state index in [2.05, 4.69) is 0 Å². The van der Waals surface area contributed by atoms with Crippen molar-refractivity contribution < 1.29 is 17.9 Å². The number of nitrogens with two attached hydrogens (primary N) is 1. The Morgan fingerprint density at radius 2 is 2.18 bits per heavy atom. The maximum absolute atomic E-state index is 11.6. The number of hydrogen-bond acceptors (Lipinski definition) is 5. The average molecular weight is 265 g/mol. The Labute approximate surface area is 104 Å². The zero-order valence-corrected chi connectivity index (χ0v) is 11.5. The second kappa shape index (κ2) is 6.13. The molecule has 1 rings (SSSR count). The number of sulfone groups is 1. The Balaban J connectivity index is 2.43. The summed E-state index contributed by atoms with van der Waals surface area (Å²) in [5, 5.41) is -0.359. The molecule has 102 valence electrons. The fraction of sp³-hybridized carbons (Fsp3) is 1.00. The summed E-state index contributed by atoms with van der Waals surface area (Å²) in [6.45, 7) is 5.12. The Morgan fingerprint density at radius 3 is 2.65 bits per heavy atom. The summed E-state index contributed by atoms with van der Waals surface area (Å²) >= 11 is 0. The van der Waals surface area contributed by atoms with Crippen LogP contribution in [0.25, 0.3) is 0 Å². The Bertz CT molecular complexity index is 320. The molecule has 0 aliphatic carbocycles. The highest BCUT2D eigenvalue weighted by molar-refractivity contribution is 7.91. The van der Waals surface area contributed by atoms with E-state index < -0.39 is 15.4 Å². The highest BCUT2D eigenvalue weighted by Gasteiger charge is 2.33. The van der Waals surface area contributed by atoms with E-state index in [1.807, 2.05) is 0 Å². The fourth-order valence-electron chi connectivity index (χ4n) is 1.77. The molecule has 0 aromatic heterocycles. The van der Waals surface area contributed by atoms with Gasteiger partial charge in [0.05, 0.1) is 24.2 Å². The molecule has 0 saturated carbocycles. The Morgan fingerprint density at radius 1 is 1.47 bits per heavy atom. The maximum atomic E-state index is 11.6. The van der Waals surface area contributed by atoms with Crippen LogP contribution in [0.1, 0.15) is 26.7 Å². The molecular weight excluding hydrogens is 242 g/mol. The molecule has 1 saturated heterocycles. The molecule has 0 aromatic rings. The summed E-state index contributed by atoms with van der Waals surface area (Å²) in [6.07, 6.45) is 1.75. The minimum atomic E-state index is -3.04. The molecule has 0 amide bonds.